The Morgan fingerprint density at radius 1 is 1.16 bits per heavy atom. The Kier molecular flexibility index (Phi) is 4.33. The largest absolute Gasteiger partial charge is 0.352 e. The average Bonchev–Trinajstić information content (AvgIpc) is 3.31. The second kappa shape index (κ2) is 6.93. The van der Waals surface area contributed by atoms with Crippen molar-refractivity contribution in [3.63, 3.8) is 0 Å². The molecular formula is C19H21N5O. The van der Waals surface area contributed by atoms with Gasteiger partial charge in [0.15, 0.2) is 0 Å². The van der Waals surface area contributed by atoms with E-state index >= 15 is 0 Å². The van der Waals surface area contributed by atoms with Gasteiger partial charge < -0.3 is 14.5 Å². The summed E-state index contributed by atoms with van der Waals surface area (Å²) in [6, 6.07) is 8.34. The van der Waals surface area contributed by atoms with Crippen molar-refractivity contribution in [1.29, 1.82) is 0 Å². The molecule has 1 amide bonds. The Balaban J connectivity index is 1.30. The van der Waals surface area contributed by atoms with E-state index in [-0.39, 0.29) is 11.8 Å². The summed E-state index contributed by atoms with van der Waals surface area (Å²) in [5, 5.41) is 3.07. The Labute approximate surface area is 146 Å². The molecule has 0 saturated carbocycles. The van der Waals surface area contributed by atoms with Gasteiger partial charge in [-0.1, -0.05) is 24.3 Å². The van der Waals surface area contributed by atoms with E-state index in [1.165, 1.54) is 5.56 Å². The van der Waals surface area contributed by atoms with Crippen molar-refractivity contribution in [2.45, 2.75) is 32.5 Å². The molecule has 6 heteroatoms. The molecule has 3 aromatic rings. The maximum Gasteiger partial charge on any atom is 0.223 e. The van der Waals surface area contributed by atoms with Crippen LogP contribution in [0.1, 0.15) is 23.2 Å². The first-order valence-electron chi connectivity index (χ1n) is 8.58. The normalized spacial score (nSPS) is 16.4. The minimum Gasteiger partial charge on any atom is -0.352 e. The molecule has 0 aliphatic carbocycles. The predicted octanol–water partition coefficient (Wildman–Crippen LogP) is 2.01. The van der Waals surface area contributed by atoms with E-state index in [0.717, 1.165) is 37.2 Å². The molecule has 1 atom stereocenters. The van der Waals surface area contributed by atoms with Gasteiger partial charge in [-0.15, -0.1) is 0 Å². The van der Waals surface area contributed by atoms with Crippen molar-refractivity contribution in [2.24, 2.45) is 5.92 Å². The fourth-order valence-electron chi connectivity index (χ4n) is 3.28. The van der Waals surface area contributed by atoms with Gasteiger partial charge in [-0.25, -0.2) is 9.97 Å². The zero-order valence-corrected chi connectivity index (χ0v) is 14.0. The molecule has 3 heterocycles. The van der Waals surface area contributed by atoms with E-state index in [2.05, 4.69) is 44.1 Å². The van der Waals surface area contributed by atoms with E-state index in [9.17, 15) is 4.79 Å². The number of rotatable bonds is 5. The van der Waals surface area contributed by atoms with Crippen molar-refractivity contribution < 1.29 is 4.79 Å². The minimum atomic E-state index is 0.0460. The summed E-state index contributed by atoms with van der Waals surface area (Å²) in [4.78, 5) is 20.6. The summed E-state index contributed by atoms with van der Waals surface area (Å²) in [6.07, 6.45) is 10.9. The van der Waals surface area contributed by atoms with Crippen LogP contribution in [0.2, 0.25) is 0 Å². The number of hydrogen-bond acceptors (Lipinski definition) is 3. The van der Waals surface area contributed by atoms with Crippen LogP contribution in [0.15, 0.2) is 55.5 Å². The molecule has 0 spiro atoms. The molecule has 2 aromatic heterocycles. The first kappa shape index (κ1) is 15.6. The number of amides is 1. The molecule has 0 bridgehead atoms. The van der Waals surface area contributed by atoms with Crippen molar-refractivity contribution in [1.82, 2.24) is 24.4 Å². The summed E-state index contributed by atoms with van der Waals surface area (Å²) in [5.41, 5.74) is 3.48. The van der Waals surface area contributed by atoms with Gasteiger partial charge in [0.05, 0.1) is 12.7 Å². The maximum absolute atomic E-state index is 12.4. The number of nitrogens with one attached hydrogen (secondary N) is 1. The first-order chi connectivity index (χ1) is 12.3. The molecule has 1 aromatic carbocycles. The number of carbonyl (C=O) groups excluding carboxylic acids is 1. The lowest BCUT2D eigenvalue weighted by Crippen LogP contribution is -2.34. The van der Waals surface area contributed by atoms with Crippen LogP contribution in [0, 0.1) is 5.92 Å². The van der Waals surface area contributed by atoms with Gasteiger partial charge in [-0.05, 0) is 17.5 Å². The van der Waals surface area contributed by atoms with Crippen LogP contribution in [0.5, 0.6) is 0 Å². The third-order valence-corrected chi connectivity index (χ3v) is 4.76. The number of nitrogens with zero attached hydrogens (tertiary/aromatic N) is 4. The molecular weight excluding hydrogens is 314 g/mol. The molecule has 0 fully saturated rings. The number of benzene rings is 1. The van der Waals surface area contributed by atoms with Gasteiger partial charge in [-0.2, -0.15) is 0 Å². The van der Waals surface area contributed by atoms with E-state index in [1.54, 1.807) is 6.20 Å². The molecule has 0 saturated heterocycles. The highest BCUT2D eigenvalue weighted by Crippen LogP contribution is 2.20. The lowest BCUT2D eigenvalue weighted by molar-refractivity contribution is -0.125. The zero-order valence-electron chi connectivity index (χ0n) is 14.0. The fraction of sp³-hybridized carbons (Fsp3) is 0.316. The topological polar surface area (TPSA) is 64.7 Å². The van der Waals surface area contributed by atoms with Crippen LogP contribution in [-0.4, -0.2) is 25.0 Å². The van der Waals surface area contributed by atoms with Gasteiger partial charge in [0.2, 0.25) is 5.91 Å². The van der Waals surface area contributed by atoms with Crippen LogP contribution in [0.25, 0.3) is 0 Å². The van der Waals surface area contributed by atoms with Crippen molar-refractivity contribution in [3.8, 4) is 0 Å². The molecule has 25 heavy (non-hydrogen) atoms. The highest BCUT2D eigenvalue weighted by Gasteiger charge is 2.24. The first-order valence-corrected chi connectivity index (χ1v) is 8.58. The number of imidazole rings is 2. The third-order valence-electron chi connectivity index (χ3n) is 4.76. The Bertz CT molecular complexity index is 835. The standard InChI is InChI=1S/C19H21N5O/c25-19(17-5-7-24-14-21-11-18(24)9-17)22-10-15-1-3-16(4-2-15)12-23-8-6-20-13-23/h1-4,6,8,11,13-14,17H,5,7,9-10,12H2,(H,22,25)/t17-/m0/s1. The number of aryl methyl sites for hydroxylation is 1. The van der Waals surface area contributed by atoms with Crippen molar-refractivity contribution in [3.05, 3.63) is 72.3 Å². The third kappa shape index (κ3) is 3.63. The van der Waals surface area contributed by atoms with Gasteiger partial charge in [0.1, 0.15) is 0 Å². The second-order valence-corrected chi connectivity index (χ2v) is 6.54. The monoisotopic (exact) mass is 335 g/mol. The highest BCUT2D eigenvalue weighted by atomic mass is 16.1. The summed E-state index contributed by atoms with van der Waals surface area (Å²) in [5.74, 6) is 0.180. The minimum absolute atomic E-state index is 0.0460. The van der Waals surface area contributed by atoms with Crippen LogP contribution in [0.4, 0.5) is 0 Å². The van der Waals surface area contributed by atoms with Crippen LogP contribution >= 0.6 is 0 Å². The van der Waals surface area contributed by atoms with Gasteiger partial charge in [-0.3, -0.25) is 4.79 Å². The Hall–Kier alpha value is -2.89. The number of hydrogen-bond donors (Lipinski definition) is 1. The lowest BCUT2D eigenvalue weighted by atomic mass is 9.95. The second-order valence-electron chi connectivity index (χ2n) is 6.54. The quantitative estimate of drug-likeness (QED) is 0.776. The molecule has 0 radical (unpaired) electrons. The van der Waals surface area contributed by atoms with E-state index in [0.29, 0.717) is 6.54 Å². The maximum atomic E-state index is 12.4. The van der Waals surface area contributed by atoms with Gasteiger partial charge in [0.25, 0.3) is 0 Å². The molecule has 1 aliphatic rings. The summed E-state index contributed by atoms with van der Waals surface area (Å²) < 4.78 is 4.16. The van der Waals surface area contributed by atoms with E-state index < -0.39 is 0 Å². The van der Waals surface area contributed by atoms with Gasteiger partial charge >= 0.3 is 0 Å². The summed E-state index contributed by atoms with van der Waals surface area (Å²) >= 11 is 0. The molecule has 0 unspecified atom stereocenters. The smallest absolute Gasteiger partial charge is 0.223 e. The molecule has 4 rings (SSSR count). The van der Waals surface area contributed by atoms with Crippen molar-refractivity contribution in [2.75, 3.05) is 0 Å². The fourth-order valence-corrected chi connectivity index (χ4v) is 3.28. The van der Waals surface area contributed by atoms with E-state index in [4.69, 9.17) is 0 Å². The number of fused-ring (bicyclic) bond motifs is 1. The molecule has 128 valence electrons. The summed E-state index contributed by atoms with van der Waals surface area (Å²) in [7, 11) is 0. The number of carbonyl (C=O) groups is 1. The molecule has 6 nitrogen and oxygen atoms in total. The van der Waals surface area contributed by atoms with E-state index in [1.807, 2.05) is 29.6 Å². The van der Waals surface area contributed by atoms with Crippen LogP contribution in [0.3, 0.4) is 0 Å². The molecule has 1 aliphatic heterocycles. The number of aromatic nitrogens is 4. The Morgan fingerprint density at radius 3 is 2.80 bits per heavy atom. The average molecular weight is 335 g/mol. The molecule has 1 N–H and O–H groups in total. The highest BCUT2D eigenvalue weighted by molar-refractivity contribution is 5.79. The predicted molar refractivity (Wildman–Crippen MR) is 93.7 cm³/mol. The summed E-state index contributed by atoms with van der Waals surface area (Å²) in [6.45, 7) is 2.25. The zero-order chi connectivity index (χ0) is 17.1. The lowest BCUT2D eigenvalue weighted by Gasteiger charge is -2.23. The van der Waals surface area contributed by atoms with Crippen LogP contribution < -0.4 is 5.32 Å². The Morgan fingerprint density at radius 2 is 2.00 bits per heavy atom. The SMILES string of the molecule is O=C(NCc1ccc(Cn2ccnc2)cc1)[C@H]1CCn2cncc2C1. The van der Waals surface area contributed by atoms with Crippen LogP contribution in [-0.2, 0) is 30.8 Å². The van der Waals surface area contributed by atoms with Gasteiger partial charge in [0, 0.05) is 56.3 Å². The van der Waals surface area contributed by atoms with Crippen molar-refractivity contribution >= 4 is 5.91 Å².